The molecule has 0 aromatic heterocycles. The Labute approximate surface area is 181 Å². The highest BCUT2D eigenvalue weighted by Crippen LogP contribution is 2.23. The first kappa shape index (κ1) is 21.6. The minimum atomic E-state index is 0.710. The van der Waals surface area contributed by atoms with Gasteiger partial charge in [0, 0.05) is 44.1 Å². The second-order valence-corrected chi connectivity index (χ2v) is 8.53. The highest BCUT2D eigenvalue weighted by Gasteiger charge is 2.18. The Hall–Kier alpha value is -2.11. The van der Waals surface area contributed by atoms with Crippen LogP contribution in [-0.4, -0.2) is 49.3 Å². The maximum absolute atomic E-state index is 5.47. The van der Waals surface area contributed by atoms with Crippen molar-refractivity contribution in [1.82, 2.24) is 10.2 Å². The van der Waals surface area contributed by atoms with E-state index >= 15 is 0 Å². The largest absolute Gasteiger partial charge is 0.369 e. The molecule has 0 spiro atoms. The smallest absolute Gasteiger partial charge is 0.170 e. The van der Waals surface area contributed by atoms with Crippen molar-refractivity contribution in [2.75, 3.05) is 49.5 Å². The molecule has 0 aliphatic carbocycles. The molecule has 156 valence electrons. The van der Waals surface area contributed by atoms with Crippen molar-refractivity contribution in [2.24, 2.45) is 0 Å². The first-order valence-electron chi connectivity index (χ1n) is 10.6. The lowest BCUT2D eigenvalue weighted by molar-refractivity contribution is 0.255. The van der Waals surface area contributed by atoms with Gasteiger partial charge in [0.2, 0.25) is 0 Å². The molecule has 29 heavy (non-hydrogen) atoms. The van der Waals surface area contributed by atoms with Gasteiger partial charge in [-0.3, -0.25) is 4.90 Å². The summed E-state index contributed by atoms with van der Waals surface area (Å²) in [6.07, 6.45) is 1.10. The minimum absolute atomic E-state index is 0.710. The predicted molar refractivity (Wildman–Crippen MR) is 129 cm³/mol. The molecule has 1 saturated heterocycles. The summed E-state index contributed by atoms with van der Waals surface area (Å²) in [7, 11) is 0. The van der Waals surface area contributed by atoms with Crippen LogP contribution in [0.5, 0.6) is 0 Å². The van der Waals surface area contributed by atoms with E-state index < -0.39 is 0 Å². The zero-order valence-electron chi connectivity index (χ0n) is 18.2. The van der Waals surface area contributed by atoms with E-state index in [4.69, 9.17) is 12.2 Å². The molecule has 5 heteroatoms. The van der Waals surface area contributed by atoms with Gasteiger partial charge in [0.15, 0.2) is 5.11 Å². The van der Waals surface area contributed by atoms with Crippen molar-refractivity contribution < 1.29 is 0 Å². The first-order chi connectivity index (χ1) is 13.9. The number of nitrogens with one attached hydrogen (secondary N) is 2. The number of hydrogen-bond acceptors (Lipinski definition) is 3. The maximum Gasteiger partial charge on any atom is 0.170 e. The van der Waals surface area contributed by atoms with Gasteiger partial charge < -0.3 is 15.5 Å². The Kier molecular flexibility index (Phi) is 7.51. The number of aryl methyl sites for hydroxylation is 4. The number of thiocarbonyl (C=S) groups is 1. The molecule has 0 saturated carbocycles. The van der Waals surface area contributed by atoms with E-state index in [2.05, 4.69) is 84.5 Å². The molecule has 0 atom stereocenters. The molecule has 1 heterocycles. The SMILES string of the molecule is Cc1ccc(C)c(N2CCN(CCCNC(=S)Nc3c(C)cccc3C)CC2)c1. The van der Waals surface area contributed by atoms with E-state index in [9.17, 15) is 0 Å². The van der Waals surface area contributed by atoms with Crippen molar-refractivity contribution >= 4 is 28.7 Å². The summed E-state index contributed by atoms with van der Waals surface area (Å²) in [5, 5.41) is 7.42. The van der Waals surface area contributed by atoms with Gasteiger partial charge in [0.25, 0.3) is 0 Å². The van der Waals surface area contributed by atoms with Crippen LogP contribution in [0.1, 0.15) is 28.7 Å². The molecule has 4 nitrogen and oxygen atoms in total. The Bertz CT molecular complexity index is 821. The number of piperazine rings is 1. The lowest BCUT2D eigenvalue weighted by atomic mass is 10.1. The molecule has 2 N–H and O–H groups in total. The quantitative estimate of drug-likeness (QED) is 0.544. The van der Waals surface area contributed by atoms with Crippen molar-refractivity contribution in [3.05, 3.63) is 58.7 Å². The Morgan fingerprint density at radius 3 is 2.31 bits per heavy atom. The molecule has 2 aromatic carbocycles. The van der Waals surface area contributed by atoms with Crippen LogP contribution in [0.4, 0.5) is 11.4 Å². The fraction of sp³-hybridized carbons (Fsp3) is 0.458. The zero-order valence-corrected chi connectivity index (χ0v) is 19.0. The van der Waals surface area contributed by atoms with Gasteiger partial charge in [-0.2, -0.15) is 0 Å². The van der Waals surface area contributed by atoms with Crippen molar-refractivity contribution in [2.45, 2.75) is 34.1 Å². The number of benzene rings is 2. The fourth-order valence-electron chi connectivity index (χ4n) is 3.95. The van der Waals surface area contributed by atoms with Gasteiger partial charge in [-0.1, -0.05) is 30.3 Å². The van der Waals surface area contributed by atoms with Gasteiger partial charge in [0.05, 0.1) is 0 Å². The van der Waals surface area contributed by atoms with Crippen LogP contribution in [-0.2, 0) is 0 Å². The topological polar surface area (TPSA) is 30.5 Å². The van der Waals surface area contributed by atoms with Crippen LogP contribution in [0.25, 0.3) is 0 Å². The fourth-order valence-corrected chi connectivity index (χ4v) is 4.15. The molecule has 3 rings (SSSR count). The third-order valence-electron chi connectivity index (χ3n) is 5.73. The molecule has 2 aromatic rings. The standard InChI is InChI=1S/C24H34N4S/c1-18-9-10-19(2)22(17-18)28-15-13-27(14-16-28)12-6-11-25-24(29)26-23-20(3)7-5-8-21(23)4/h5,7-10,17H,6,11-16H2,1-4H3,(H2,25,26,29). The van der Waals surface area contributed by atoms with Crippen LogP contribution >= 0.6 is 12.2 Å². The summed E-state index contributed by atoms with van der Waals surface area (Å²) < 4.78 is 0. The lowest BCUT2D eigenvalue weighted by Crippen LogP contribution is -2.47. The summed E-state index contributed by atoms with van der Waals surface area (Å²) in [5.41, 5.74) is 7.66. The molecule has 0 bridgehead atoms. The molecule has 1 aliphatic heterocycles. The summed E-state index contributed by atoms with van der Waals surface area (Å²) in [6.45, 7) is 15.1. The molecule has 1 fully saturated rings. The third-order valence-corrected chi connectivity index (χ3v) is 5.98. The molecule has 0 amide bonds. The second kappa shape index (κ2) is 10.1. The monoisotopic (exact) mass is 410 g/mol. The second-order valence-electron chi connectivity index (χ2n) is 8.12. The van der Waals surface area contributed by atoms with E-state index in [1.165, 1.54) is 27.9 Å². The van der Waals surface area contributed by atoms with E-state index in [1.54, 1.807) is 0 Å². The van der Waals surface area contributed by atoms with Gasteiger partial charge in [-0.15, -0.1) is 0 Å². The van der Waals surface area contributed by atoms with Gasteiger partial charge in [-0.25, -0.2) is 0 Å². The minimum Gasteiger partial charge on any atom is -0.369 e. The van der Waals surface area contributed by atoms with E-state index in [0.29, 0.717) is 5.11 Å². The third kappa shape index (κ3) is 5.94. The molecule has 0 unspecified atom stereocenters. The lowest BCUT2D eigenvalue weighted by Gasteiger charge is -2.37. The average Bonchev–Trinajstić information content (AvgIpc) is 2.70. The number of rotatable bonds is 6. The predicted octanol–water partition coefficient (Wildman–Crippen LogP) is 4.42. The number of nitrogens with zero attached hydrogens (tertiary/aromatic N) is 2. The number of para-hydroxylation sites is 1. The number of hydrogen-bond donors (Lipinski definition) is 2. The molecule has 1 aliphatic rings. The van der Waals surface area contributed by atoms with E-state index in [1.807, 2.05) is 0 Å². The summed E-state index contributed by atoms with van der Waals surface area (Å²) in [5.74, 6) is 0. The van der Waals surface area contributed by atoms with Crippen LogP contribution in [0.3, 0.4) is 0 Å². The highest BCUT2D eigenvalue weighted by atomic mass is 32.1. The van der Waals surface area contributed by atoms with Crippen LogP contribution in [0.2, 0.25) is 0 Å². The Morgan fingerprint density at radius 1 is 0.931 bits per heavy atom. The van der Waals surface area contributed by atoms with Crippen LogP contribution in [0.15, 0.2) is 36.4 Å². The number of anilines is 2. The first-order valence-corrected chi connectivity index (χ1v) is 11.0. The average molecular weight is 411 g/mol. The van der Waals surface area contributed by atoms with Gasteiger partial charge in [-0.05, 0) is 81.2 Å². The van der Waals surface area contributed by atoms with Gasteiger partial charge in [0.1, 0.15) is 0 Å². The van der Waals surface area contributed by atoms with E-state index in [0.717, 1.165) is 51.4 Å². The highest BCUT2D eigenvalue weighted by molar-refractivity contribution is 7.80. The zero-order chi connectivity index (χ0) is 20.8. The van der Waals surface area contributed by atoms with Crippen molar-refractivity contribution in [3.8, 4) is 0 Å². The van der Waals surface area contributed by atoms with E-state index in [-0.39, 0.29) is 0 Å². The maximum atomic E-state index is 5.47. The van der Waals surface area contributed by atoms with Crippen LogP contribution in [0, 0.1) is 27.7 Å². The molecular weight excluding hydrogens is 376 g/mol. The summed E-state index contributed by atoms with van der Waals surface area (Å²) in [6, 6.07) is 13.0. The Morgan fingerprint density at radius 2 is 1.62 bits per heavy atom. The summed E-state index contributed by atoms with van der Waals surface area (Å²) in [4.78, 5) is 5.09. The van der Waals surface area contributed by atoms with Crippen molar-refractivity contribution in [1.29, 1.82) is 0 Å². The summed E-state index contributed by atoms with van der Waals surface area (Å²) >= 11 is 5.47. The molecule has 0 radical (unpaired) electrons. The van der Waals surface area contributed by atoms with Crippen molar-refractivity contribution in [3.63, 3.8) is 0 Å². The molecular formula is C24H34N4S. The van der Waals surface area contributed by atoms with Gasteiger partial charge >= 0.3 is 0 Å². The van der Waals surface area contributed by atoms with Crippen LogP contribution < -0.4 is 15.5 Å². The Balaban J connectivity index is 1.37. The normalized spacial score (nSPS) is 14.7.